The number of nitrogens with one attached hydrogen (secondary N) is 1. The van der Waals surface area contributed by atoms with Gasteiger partial charge in [-0.05, 0) is 47.9 Å². The van der Waals surface area contributed by atoms with Crippen molar-refractivity contribution in [2.45, 2.75) is 19.8 Å². The second kappa shape index (κ2) is 8.78. The summed E-state index contributed by atoms with van der Waals surface area (Å²) in [6.07, 6.45) is 0. The van der Waals surface area contributed by atoms with Crippen LogP contribution in [0.25, 0.3) is 0 Å². The Kier molecular flexibility index (Phi) is 6.19. The fourth-order valence-electron chi connectivity index (χ4n) is 3.25. The van der Waals surface area contributed by atoms with Crippen LogP contribution in [0.3, 0.4) is 0 Å². The van der Waals surface area contributed by atoms with Crippen molar-refractivity contribution >= 4 is 23.4 Å². The van der Waals surface area contributed by atoms with Gasteiger partial charge in [-0.25, -0.2) is 9.59 Å². The maximum Gasteiger partial charge on any atom is 0.337 e. The first-order chi connectivity index (χ1) is 13.5. The van der Waals surface area contributed by atoms with Crippen LogP contribution in [0.1, 0.15) is 35.7 Å². The van der Waals surface area contributed by atoms with Crippen LogP contribution in [0, 0.1) is 0 Å². The van der Waals surface area contributed by atoms with Gasteiger partial charge in [0.05, 0.1) is 12.7 Å². The first-order valence-corrected chi connectivity index (χ1v) is 9.57. The zero-order chi connectivity index (χ0) is 20.1. The van der Waals surface area contributed by atoms with Gasteiger partial charge in [-0.3, -0.25) is 0 Å². The Hall–Kier alpha value is -3.02. The normalized spacial score (nSPS) is 14.1. The fraction of sp³-hybridized carbons (Fsp3) is 0.364. The number of carbonyl (C=O) groups is 2. The van der Waals surface area contributed by atoms with Crippen molar-refractivity contribution in [3.05, 3.63) is 59.7 Å². The molecule has 0 aromatic heterocycles. The number of hydrogen-bond acceptors (Lipinski definition) is 4. The highest BCUT2D eigenvalue weighted by Gasteiger charge is 2.21. The summed E-state index contributed by atoms with van der Waals surface area (Å²) >= 11 is 0. The van der Waals surface area contributed by atoms with E-state index in [-0.39, 0.29) is 12.0 Å². The van der Waals surface area contributed by atoms with Crippen molar-refractivity contribution in [2.24, 2.45) is 0 Å². The number of esters is 1. The zero-order valence-electron chi connectivity index (χ0n) is 16.6. The molecule has 0 bridgehead atoms. The monoisotopic (exact) mass is 381 g/mol. The summed E-state index contributed by atoms with van der Waals surface area (Å²) < 4.78 is 4.73. The number of piperazine rings is 1. The van der Waals surface area contributed by atoms with Crippen molar-refractivity contribution in [3.63, 3.8) is 0 Å². The second-order valence-corrected chi connectivity index (χ2v) is 7.22. The molecule has 0 aliphatic carbocycles. The molecule has 1 aliphatic rings. The fourth-order valence-corrected chi connectivity index (χ4v) is 3.25. The Morgan fingerprint density at radius 2 is 1.54 bits per heavy atom. The summed E-state index contributed by atoms with van der Waals surface area (Å²) in [7, 11) is 1.37. The van der Waals surface area contributed by atoms with Crippen molar-refractivity contribution in [1.82, 2.24) is 4.90 Å². The van der Waals surface area contributed by atoms with E-state index in [0.717, 1.165) is 24.5 Å². The molecule has 6 nitrogen and oxygen atoms in total. The lowest BCUT2D eigenvalue weighted by molar-refractivity contribution is 0.0600. The standard InChI is InChI=1S/C22H27N3O3/c1-16(2)17-4-8-19(9-5-17)23-22(27)25-14-12-24(13-15-25)20-10-6-18(7-11-20)21(26)28-3/h4-11,16H,12-15H2,1-3H3,(H,23,27). The zero-order valence-corrected chi connectivity index (χ0v) is 16.6. The van der Waals surface area contributed by atoms with Crippen molar-refractivity contribution < 1.29 is 14.3 Å². The number of ether oxygens (including phenoxy) is 1. The molecular formula is C22H27N3O3. The molecule has 1 heterocycles. The highest BCUT2D eigenvalue weighted by atomic mass is 16.5. The maximum absolute atomic E-state index is 12.5. The average molecular weight is 381 g/mol. The Morgan fingerprint density at radius 1 is 0.929 bits per heavy atom. The molecule has 0 saturated carbocycles. The van der Waals surface area contributed by atoms with Gasteiger partial charge in [0.2, 0.25) is 0 Å². The largest absolute Gasteiger partial charge is 0.465 e. The number of rotatable bonds is 4. The molecule has 148 valence electrons. The SMILES string of the molecule is COC(=O)c1ccc(N2CCN(C(=O)Nc3ccc(C(C)C)cc3)CC2)cc1. The van der Waals surface area contributed by atoms with Crippen molar-refractivity contribution in [3.8, 4) is 0 Å². The van der Waals surface area contributed by atoms with E-state index < -0.39 is 0 Å². The number of nitrogens with zero attached hydrogens (tertiary/aromatic N) is 2. The van der Waals surface area contributed by atoms with Crippen LogP contribution in [0.5, 0.6) is 0 Å². The van der Waals surface area contributed by atoms with Gasteiger partial charge >= 0.3 is 12.0 Å². The van der Waals surface area contributed by atoms with Gasteiger partial charge in [0.15, 0.2) is 0 Å². The molecule has 1 N–H and O–H groups in total. The van der Waals surface area contributed by atoms with Crippen molar-refractivity contribution in [1.29, 1.82) is 0 Å². The van der Waals surface area contributed by atoms with Gasteiger partial charge in [0, 0.05) is 37.6 Å². The van der Waals surface area contributed by atoms with E-state index in [0.29, 0.717) is 24.6 Å². The average Bonchev–Trinajstić information content (AvgIpc) is 2.73. The second-order valence-electron chi connectivity index (χ2n) is 7.22. The molecule has 0 spiro atoms. The van der Waals surface area contributed by atoms with Crippen LogP contribution >= 0.6 is 0 Å². The Bertz CT molecular complexity index is 808. The van der Waals surface area contributed by atoms with Crippen LogP contribution in [-0.4, -0.2) is 50.2 Å². The van der Waals surface area contributed by atoms with Crippen LogP contribution in [0.4, 0.5) is 16.2 Å². The maximum atomic E-state index is 12.5. The molecule has 1 saturated heterocycles. The van der Waals surface area contributed by atoms with Crippen molar-refractivity contribution in [2.75, 3.05) is 43.5 Å². The summed E-state index contributed by atoms with van der Waals surface area (Å²) in [5.41, 5.74) is 3.64. The molecule has 3 rings (SSSR count). The van der Waals surface area contributed by atoms with E-state index in [1.54, 1.807) is 12.1 Å². The number of urea groups is 1. The third-order valence-electron chi connectivity index (χ3n) is 5.05. The first-order valence-electron chi connectivity index (χ1n) is 9.57. The van der Waals surface area contributed by atoms with Gasteiger partial charge in [0.1, 0.15) is 0 Å². The predicted octanol–water partition coefficient (Wildman–Crippen LogP) is 3.95. The Labute approximate surface area is 166 Å². The molecule has 1 aliphatic heterocycles. The molecule has 0 radical (unpaired) electrons. The molecule has 6 heteroatoms. The van der Waals surface area contributed by atoms with E-state index in [1.165, 1.54) is 12.7 Å². The molecule has 1 fully saturated rings. The molecule has 0 unspecified atom stereocenters. The highest BCUT2D eigenvalue weighted by Crippen LogP contribution is 2.20. The van der Waals surface area contributed by atoms with Gasteiger partial charge in [0.25, 0.3) is 0 Å². The number of carbonyl (C=O) groups excluding carboxylic acids is 2. The summed E-state index contributed by atoms with van der Waals surface area (Å²) in [4.78, 5) is 28.1. The number of hydrogen-bond donors (Lipinski definition) is 1. The van der Waals surface area contributed by atoms with E-state index in [1.807, 2.05) is 29.2 Å². The van der Waals surface area contributed by atoms with Crippen LogP contribution in [0.2, 0.25) is 0 Å². The van der Waals surface area contributed by atoms with Gasteiger partial charge < -0.3 is 19.9 Å². The van der Waals surface area contributed by atoms with Gasteiger partial charge in [-0.1, -0.05) is 26.0 Å². The quantitative estimate of drug-likeness (QED) is 0.815. The Morgan fingerprint density at radius 3 is 2.07 bits per heavy atom. The first kappa shape index (κ1) is 19.7. The van der Waals surface area contributed by atoms with Gasteiger partial charge in [-0.2, -0.15) is 0 Å². The van der Waals surface area contributed by atoms with Crippen LogP contribution < -0.4 is 10.2 Å². The van der Waals surface area contributed by atoms with E-state index in [2.05, 4.69) is 36.2 Å². The number of amides is 2. The van der Waals surface area contributed by atoms with Crippen LogP contribution in [0.15, 0.2) is 48.5 Å². The molecule has 2 aromatic carbocycles. The Balaban J connectivity index is 1.53. The minimum Gasteiger partial charge on any atom is -0.465 e. The minimum absolute atomic E-state index is 0.0713. The lowest BCUT2D eigenvalue weighted by Crippen LogP contribution is -2.50. The number of anilines is 2. The topological polar surface area (TPSA) is 61.9 Å². The summed E-state index contributed by atoms with van der Waals surface area (Å²) in [5.74, 6) is 0.133. The molecule has 0 atom stereocenters. The third kappa shape index (κ3) is 4.63. The van der Waals surface area contributed by atoms with Crippen LogP contribution in [-0.2, 0) is 4.74 Å². The molecule has 2 amide bonds. The van der Waals surface area contributed by atoms with E-state index in [9.17, 15) is 9.59 Å². The number of methoxy groups -OCH3 is 1. The minimum atomic E-state index is -0.338. The van der Waals surface area contributed by atoms with E-state index >= 15 is 0 Å². The smallest absolute Gasteiger partial charge is 0.337 e. The molecular weight excluding hydrogens is 354 g/mol. The lowest BCUT2D eigenvalue weighted by Gasteiger charge is -2.36. The lowest BCUT2D eigenvalue weighted by atomic mass is 10.0. The molecule has 2 aromatic rings. The predicted molar refractivity (Wildman–Crippen MR) is 111 cm³/mol. The molecule has 28 heavy (non-hydrogen) atoms. The summed E-state index contributed by atoms with van der Waals surface area (Å²) in [6, 6.07) is 15.3. The van der Waals surface area contributed by atoms with Gasteiger partial charge in [-0.15, -0.1) is 0 Å². The highest BCUT2D eigenvalue weighted by molar-refractivity contribution is 5.90. The van der Waals surface area contributed by atoms with E-state index in [4.69, 9.17) is 4.74 Å². The summed E-state index contributed by atoms with van der Waals surface area (Å²) in [6.45, 7) is 7.09. The third-order valence-corrected chi connectivity index (χ3v) is 5.05. The summed E-state index contributed by atoms with van der Waals surface area (Å²) in [5, 5.41) is 2.98. The number of benzene rings is 2.